The van der Waals surface area contributed by atoms with Crippen molar-refractivity contribution in [3.05, 3.63) is 71.8 Å². The van der Waals surface area contributed by atoms with Gasteiger partial charge in [-0.25, -0.2) is 13.9 Å². The number of rotatable bonds is 4. The van der Waals surface area contributed by atoms with E-state index in [1.54, 1.807) is 48.0 Å². The highest BCUT2D eigenvalue weighted by molar-refractivity contribution is 6.05. The Morgan fingerprint density at radius 2 is 1.96 bits per heavy atom. The van der Waals surface area contributed by atoms with Crippen LogP contribution in [0.4, 0.5) is 20.6 Å². The van der Waals surface area contributed by atoms with Crippen LogP contribution >= 0.6 is 0 Å². The highest BCUT2D eigenvalue weighted by Crippen LogP contribution is 2.23. The van der Waals surface area contributed by atoms with Crippen LogP contribution in [-0.4, -0.2) is 34.9 Å². The van der Waals surface area contributed by atoms with Crippen LogP contribution in [0.15, 0.2) is 54.7 Å². The molecule has 2 heterocycles. The van der Waals surface area contributed by atoms with E-state index < -0.39 is 6.09 Å². The molecule has 0 unspecified atom stereocenters. The summed E-state index contributed by atoms with van der Waals surface area (Å²) in [5.74, 6) is -0.666. The molecule has 1 aromatic heterocycles. The average Bonchev–Trinajstić information content (AvgIpc) is 3.28. The van der Waals surface area contributed by atoms with Crippen molar-refractivity contribution in [1.29, 1.82) is 0 Å². The summed E-state index contributed by atoms with van der Waals surface area (Å²) in [7, 11) is 0. The smallest absolute Gasteiger partial charge is 0.414 e. The van der Waals surface area contributed by atoms with Crippen LogP contribution in [0.2, 0.25) is 0 Å². The largest absolute Gasteiger partial charge is 0.447 e. The lowest BCUT2D eigenvalue weighted by molar-refractivity contribution is 0.102. The summed E-state index contributed by atoms with van der Waals surface area (Å²) in [5, 5.41) is 7.05. The van der Waals surface area contributed by atoms with Crippen molar-refractivity contribution in [1.82, 2.24) is 9.78 Å². The average molecular weight is 380 g/mol. The Balaban J connectivity index is 1.55. The number of carbonyl (C=O) groups is 2. The molecule has 0 saturated carbocycles. The summed E-state index contributed by atoms with van der Waals surface area (Å²) >= 11 is 0. The summed E-state index contributed by atoms with van der Waals surface area (Å²) in [4.78, 5) is 25.9. The fourth-order valence-electron chi connectivity index (χ4n) is 3.05. The van der Waals surface area contributed by atoms with Crippen molar-refractivity contribution in [2.24, 2.45) is 0 Å². The molecular weight excluding hydrogens is 363 g/mol. The number of cyclic esters (lactones) is 1. The van der Waals surface area contributed by atoms with Gasteiger partial charge in [-0.15, -0.1) is 0 Å². The third kappa shape index (κ3) is 3.32. The maximum atomic E-state index is 13.1. The Bertz CT molecular complexity index is 1050. The predicted molar refractivity (Wildman–Crippen MR) is 101 cm³/mol. The van der Waals surface area contributed by atoms with E-state index in [1.165, 1.54) is 23.2 Å². The van der Waals surface area contributed by atoms with Crippen molar-refractivity contribution >= 4 is 23.4 Å². The van der Waals surface area contributed by atoms with E-state index in [9.17, 15) is 14.0 Å². The first kappa shape index (κ1) is 17.7. The minimum atomic E-state index is -0.403. The van der Waals surface area contributed by atoms with E-state index in [4.69, 9.17) is 4.74 Å². The lowest BCUT2D eigenvalue weighted by Crippen LogP contribution is -2.23. The van der Waals surface area contributed by atoms with E-state index in [-0.39, 0.29) is 11.7 Å². The van der Waals surface area contributed by atoms with Crippen LogP contribution < -0.4 is 10.2 Å². The molecule has 0 spiro atoms. The monoisotopic (exact) mass is 380 g/mol. The van der Waals surface area contributed by atoms with Gasteiger partial charge >= 0.3 is 6.09 Å². The fourth-order valence-corrected chi connectivity index (χ4v) is 3.05. The zero-order valence-corrected chi connectivity index (χ0v) is 15.1. The standard InChI is InChI=1S/C20H17FN4O3/c1-13-18(12-22-25(13)16-7-5-14(21)6-8-16)19(26)23-15-3-2-4-17(11-15)24-9-10-28-20(24)27/h2-8,11-12H,9-10H2,1H3,(H,23,26). The van der Waals surface area contributed by atoms with Crippen molar-refractivity contribution in [2.45, 2.75) is 6.92 Å². The van der Waals surface area contributed by atoms with Gasteiger partial charge in [0, 0.05) is 11.4 Å². The van der Waals surface area contributed by atoms with Gasteiger partial charge in [-0.3, -0.25) is 9.69 Å². The van der Waals surface area contributed by atoms with E-state index in [0.29, 0.717) is 41.5 Å². The van der Waals surface area contributed by atoms with Gasteiger partial charge in [0.15, 0.2) is 0 Å². The number of ether oxygens (including phenoxy) is 1. The highest BCUT2D eigenvalue weighted by atomic mass is 19.1. The zero-order chi connectivity index (χ0) is 19.7. The van der Waals surface area contributed by atoms with Gasteiger partial charge in [0.1, 0.15) is 12.4 Å². The lowest BCUT2D eigenvalue weighted by atomic mass is 10.2. The number of anilines is 2. The molecule has 0 aliphatic carbocycles. The molecule has 142 valence electrons. The van der Waals surface area contributed by atoms with Crippen LogP contribution in [-0.2, 0) is 4.74 Å². The minimum Gasteiger partial charge on any atom is -0.447 e. The maximum absolute atomic E-state index is 13.1. The normalized spacial score (nSPS) is 13.5. The molecule has 8 heteroatoms. The lowest BCUT2D eigenvalue weighted by Gasteiger charge is -2.14. The quantitative estimate of drug-likeness (QED) is 0.751. The minimum absolute atomic E-state index is 0.327. The number of amides is 2. The van der Waals surface area contributed by atoms with Crippen molar-refractivity contribution in [3.8, 4) is 5.69 Å². The van der Waals surface area contributed by atoms with Crippen molar-refractivity contribution < 1.29 is 18.7 Å². The molecule has 0 atom stereocenters. The molecule has 1 aliphatic rings. The molecule has 1 aliphatic heterocycles. The molecule has 1 N–H and O–H groups in total. The molecule has 0 radical (unpaired) electrons. The Hall–Kier alpha value is -3.68. The van der Waals surface area contributed by atoms with E-state index in [0.717, 1.165) is 0 Å². The summed E-state index contributed by atoms with van der Waals surface area (Å²) < 4.78 is 19.6. The molecule has 1 saturated heterocycles. The van der Waals surface area contributed by atoms with E-state index in [1.807, 2.05) is 0 Å². The van der Waals surface area contributed by atoms with Gasteiger partial charge in [0.05, 0.1) is 29.7 Å². The molecular formula is C20H17FN4O3. The van der Waals surface area contributed by atoms with Crippen LogP contribution in [0, 0.1) is 12.7 Å². The molecule has 7 nitrogen and oxygen atoms in total. The second-order valence-electron chi connectivity index (χ2n) is 6.30. The van der Waals surface area contributed by atoms with Gasteiger partial charge < -0.3 is 10.1 Å². The van der Waals surface area contributed by atoms with Crippen LogP contribution in [0.5, 0.6) is 0 Å². The summed E-state index contributed by atoms with van der Waals surface area (Å²) in [5.41, 5.74) is 2.89. The van der Waals surface area contributed by atoms with Gasteiger partial charge in [0.2, 0.25) is 0 Å². The van der Waals surface area contributed by atoms with Gasteiger partial charge in [-0.2, -0.15) is 5.10 Å². The van der Waals surface area contributed by atoms with Crippen LogP contribution in [0.3, 0.4) is 0 Å². The van der Waals surface area contributed by atoms with Crippen molar-refractivity contribution in [3.63, 3.8) is 0 Å². The van der Waals surface area contributed by atoms with E-state index in [2.05, 4.69) is 10.4 Å². The van der Waals surface area contributed by atoms with Crippen LogP contribution in [0.25, 0.3) is 5.69 Å². The summed E-state index contributed by atoms with van der Waals surface area (Å²) in [6, 6.07) is 12.8. The highest BCUT2D eigenvalue weighted by Gasteiger charge is 2.24. The molecule has 28 heavy (non-hydrogen) atoms. The third-order valence-corrected chi connectivity index (χ3v) is 4.50. The second-order valence-corrected chi connectivity index (χ2v) is 6.30. The maximum Gasteiger partial charge on any atom is 0.414 e. The number of hydrogen-bond donors (Lipinski definition) is 1. The first-order valence-corrected chi connectivity index (χ1v) is 8.69. The molecule has 2 aromatic carbocycles. The van der Waals surface area contributed by atoms with Gasteiger partial charge in [-0.1, -0.05) is 6.07 Å². The molecule has 3 aromatic rings. The number of carbonyl (C=O) groups excluding carboxylic acids is 2. The predicted octanol–water partition coefficient (Wildman–Crippen LogP) is 3.53. The molecule has 4 rings (SSSR count). The first-order chi connectivity index (χ1) is 13.5. The van der Waals surface area contributed by atoms with Crippen molar-refractivity contribution in [2.75, 3.05) is 23.4 Å². The molecule has 2 amide bonds. The summed E-state index contributed by atoms with van der Waals surface area (Å²) in [6.45, 7) is 2.58. The number of halogens is 1. The molecule has 0 bridgehead atoms. The number of hydrogen-bond acceptors (Lipinski definition) is 4. The Morgan fingerprint density at radius 1 is 1.18 bits per heavy atom. The molecule has 1 fully saturated rings. The number of aromatic nitrogens is 2. The van der Waals surface area contributed by atoms with Crippen LogP contribution in [0.1, 0.15) is 16.1 Å². The van der Waals surface area contributed by atoms with Gasteiger partial charge in [0.25, 0.3) is 5.91 Å². The van der Waals surface area contributed by atoms with E-state index >= 15 is 0 Å². The number of nitrogens with zero attached hydrogens (tertiary/aromatic N) is 3. The second kappa shape index (κ2) is 7.15. The Labute approximate surface area is 160 Å². The fraction of sp³-hybridized carbons (Fsp3) is 0.150. The van der Waals surface area contributed by atoms with Gasteiger partial charge in [-0.05, 0) is 49.4 Å². The zero-order valence-electron chi connectivity index (χ0n) is 15.1. The number of nitrogens with one attached hydrogen (secondary N) is 1. The topological polar surface area (TPSA) is 76.5 Å². The Morgan fingerprint density at radius 3 is 2.68 bits per heavy atom. The number of benzene rings is 2. The Kier molecular flexibility index (Phi) is 4.52. The third-order valence-electron chi connectivity index (χ3n) is 4.50. The SMILES string of the molecule is Cc1c(C(=O)Nc2cccc(N3CCOC3=O)c2)cnn1-c1ccc(F)cc1. The first-order valence-electron chi connectivity index (χ1n) is 8.69. The summed E-state index contributed by atoms with van der Waals surface area (Å²) in [6.07, 6.45) is 1.07.